The van der Waals surface area contributed by atoms with Crippen LogP contribution < -0.4 is 0 Å². The molecule has 0 radical (unpaired) electrons. The Kier molecular flexibility index (Phi) is 4.08. The van der Waals surface area contributed by atoms with Crippen molar-refractivity contribution in [1.29, 1.82) is 0 Å². The predicted molar refractivity (Wildman–Crippen MR) is 94.1 cm³/mol. The molecule has 136 valence electrons. The molecule has 3 heterocycles. The molecule has 1 saturated carbocycles. The third-order valence-electron chi connectivity index (χ3n) is 6.42. The van der Waals surface area contributed by atoms with E-state index in [-0.39, 0.29) is 11.3 Å². The number of nitrogens with zero attached hydrogens (tertiary/aromatic N) is 4. The second-order valence-electron chi connectivity index (χ2n) is 8.10. The second kappa shape index (κ2) is 6.15. The first kappa shape index (κ1) is 16.6. The normalized spacial score (nSPS) is 27.7. The van der Waals surface area contributed by atoms with E-state index in [2.05, 4.69) is 10.00 Å². The summed E-state index contributed by atoms with van der Waals surface area (Å²) in [6.45, 7) is 4.02. The number of rotatable bonds is 2. The molecule has 0 N–H and O–H groups in total. The Hall–Kier alpha value is -1.85. The molecule has 1 aromatic rings. The average molecular weight is 344 g/mol. The van der Waals surface area contributed by atoms with Crippen molar-refractivity contribution in [3.63, 3.8) is 0 Å². The SMILES string of the molecule is Cc1nn(C)cc1C(=O)N1CC[C@]2(CCCN(C3CCCC3)C2=O)C1. The molecular formula is C19H28N4O2. The predicted octanol–water partition coefficient (Wildman–Crippen LogP) is 2.13. The van der Waals surface area contributed by atoms with E-state index in [1.807, 2.05) is 18.9 Å². The average Bonchev–Trinajstić information content (AvgIpc) is 3.31. The fraction of sp³-hybridized carbons (Fsp3) is 0.737. The molecular weight excluding hydrogens is 316 g/mol. The van der Waals surface area contributed by atoms with Gasteiger partial charge in [0, 0.05) is 38.9 Å². The summed E-state index contributed by atoms with van der Waals surface area (Å²) in [6.07, 6.45) is 9.37. The van der Waals surface area contributed by atoms with Gasteiger partial charge < -0.3 is 9.80 Å². The Morgan fingerprint density at radius 2 is 1.96 bits per heavy atom. The molecule has 2 aliphatic heterocycles. The molecule has 0 unspecified atom stereocenters. The molecule has 3 fully saturated rings. The van der Waals surface area contributed by atoms with Crippen LogP contribution in [-0.2, 0) is 11.8 Å². The van der Waals surface area contributed by atoms with Crippen LogP contribution in [-0.4, -0.2) is 57.1 Å². The molecule has 2 saturated heterocycles. The maximum Gasteiger partial charge on any atom is 0.257 e. The molecule has 4 rings (SSSR count). The molecule has 1 spiro atoms. The minimum Gasteiger partial charge on any atom is -0.339 e. The number of piperidine rings is 1. The minimum atomic E-state index is -0.341. The molecule has 1 atom stereocenters. The first-order valence-electron chi connectivity index (χ1n) is 9.61. The molecule has 25 heavy (non-hydrogen) atoms. The Labute approximate surface area is 149 Å². The van der Waals surface area contributed by atoms with Crippen molar-refractivity contribution in [1.82, 2.24) is 19.6 Å². The Balaban J connectivity index is 1.51. The van der Waals surface area contributed by atoms with Gasteiger partial charge in [0.1, 0.15) is 0 Å². The van der Waals surface area contributed by atoms with Crippen LogP contribution in [0.3, 0.4) is 0 Å². The van der Waals surface area contributed by atoms with Crippen LogP contribution in [0.2, 0.25) is 0 Å². The van der Waals surface area contributed by atoms with E-state index in [9.17, 15) is 9.59 Å². The number of carbonyl (C=O) groups excluding carboxylic acids is 2. The largest absolute Gasteiger partial charge is 0.339 e. The first-order chi connectivity index (χ1) is 12.0. The van der Waals surface area contributed by atoms with Crippen molar-refractivity contribution in [3.8, 4) is 0 Å². The smallest absolute Gasteiger partial charge is 0.257 e. The number of likely N-dealkylation sites (tertiary alicyclic amines) is 2. The van der Waals surface area contributed by atoms with Gasteiger partial charge in [0.15, 0.2) is 0 Å². The summed E-state index contributed by atoms with van der Waals surface area (Å²) in [6, 6.07) is 0.440. The van der Waals surface area contributed by atoms with Gasteiger partial charge in [-0.05, 0) is 39.0 Å². The zero-order chi connectivity index (χ0) is 17.6. The molecule has 6 nitrogen and oxygen atoms in total. The van der Waals surface area contributed by atoms with E-state index >= 15 is 0 Å². The summed E-state index contributed by atoms with van der Waals surface area (Å²) in [7, 11) is 1.83. The van der Waals surface area contributed by atoms with Gasteiger partial charge in [0.2, 0.25) is 5.91 Å². The van der Waals surface area contributed by atoms with Gasteiger partial charge in [-0.3, -0.25) is 14.3 Å². The highest BCUT2D eigenvalue weighted by Crippen LogP contribution is 2.42. The highest BCUT2D eigenvalue weighted by atomic mass is 16.2. The zero-order valence-electron chi connectivity index (χ0n) is 15.3. The summed E-state index contributed by atoms with van der Waals surface area (Å²) in [5, 5.41) is 4.28. The first-order valence-corrected chi connectivity index (χ1v) is 9.61. The van der Waals surface area contributed by atoms with Gasteiger partial charge in [-0.25, -0.2) is 0 Å². The number of aryl methyl sites for hydroxylation is 2. The summed E-state index contributed by atoms with van der Waals surface area (Å²) < 4.78 is 1.68. The maximum absolute atomic E-state index is 13.3. The van der Waals surface area contributed by atoms with E-state index in [1.54, 1.807) is 10.9 Å². The van der Waals surface area contributed by atoms with Gasteiger partial charge in [-0.15, -0.1) is 0 Å². The number of aromatic nitrogens is 2. The topological polar surface area (TPSA) is 58.4 Å². The second-order valence-corrected chi connectivity index (χ2v) is 8.10. The van der Waals surface area contributed by atoms with Crippen LogP contribution >= 0.6 is 0 Å². The molecule has 0 bridgehead atoms. The van der Waals surface area contributed by atoms with Crippen LogP contribution in [0.15, 0.2) is 6.20 Å². The van der Waals surface area contributed by atoms with E-state index in [0.717, 1.165) is 44.3 Å². The highest BCUT2D eigenvalue weighted by Gasteiger charge is 2.50. The van der Waals surface area contributed by atoms with Crippen molar-refractivity contribution in [2.24, 2.45) is 12.5 Å². The van der Waals surface area contributed by atoms with Crippen LogP contribution in [0.25, 0.3) is 0 Å². The Bertz CT molecular complexity index is 692. The summed E-state index contributed by atoms with van der Waals surface area (Å²) in [5.41, 5.74) is 1.08. The lowest BCUT2D eigenvalue weighted by Gasteiger charge is -2.42. The van der Waals surface area contributed by atoms with E-state index in [1.165, 1.54) is 12.8 Å². The lowest BCUT2D eigenvalue weighted by atomic mass is 9.77. The number of carbonyl (C=O) groups is 2. The number of amides is 2. The summed E-state index contributed by atoms with van der Waals surface area (Å²) in [4.78, 5) is 30.2. The monoisotopic (exact) mass is 344 g/mol. The summed E-state index contributed by atoms with van der Waals surface area (Å²) >= 11 is 0. The molecule has 0 aromatic carbocycles. The van der Waals surface area contributed by atoms with E-state index in [0.29, 0.717) is 30.6 Å². The van der Waals surface area contributed by atoms with Crippen LogP contribution in [0.1, 0.15) is 61.0 Å². The van der Waals surface area contributed by atoms with E-state index in [4.69, 9.17) is 0 Å². The fourth-order valence-corrected chi connectivity index (χ4v) is 5.07. The van der Waals surface area contributed by atoms with Gasteiger partial charge >= 0.3 is 0 Å². The van der Waals surface area contributed by atoms with Crippen molar-refractivity contribution in [3.05, 3.63) is 17.5 Å². The summed E-state index contributed by atoms with van der Waals surface area (Å²) in [5.74, 6) is 0.331. The van der Waals surface area contributed by atoms with Gasteiger partial charge in [-0.2, -0.15) is 5.10 Å². The van der Waals surface area contributed by atoms with Gasteiger partial charge in [0.05, 0.1) is 16.7 Å². The minimum absolute atomic E-state index is 0.0215. The lowest BCUT2D eigenvalue weighted by molar-refractivity contribution is -0.148. The third kappa shape index (κ3) is 2.75. The van der Waals surface area contributed by atoms with Gasteiger partial charge in [-0.1, -0.05) is 12.8 Å². The quantitative estimate of drug-likeness (QED) is 0.826. The van der Waals surface area contributed by atoms with Crippen molar-refractivity contribution >= 4 is 11.8 Å². The zero-order valence-corrected chi connectivity index (χ0v) is 15.3. The number of hydrogen-bond acceptors (Lipinski definition) is 3. The van der Waals surface area contributed by atoms with Crippen LogP contribution in [0.5, 0.6) is 0 Å². The molecule has 1 aromatic heterocycles. The van der Waals surface area contributed by atoms with Crippen LogP contribution in [0, 0.1) is 12.3 Å². The Morgan fingerprint density at radius 3 is 2.64 bits per heavy atom. The third-order valence-corrected chi connectivity index (χ3v) is 6.42. The van der Waals surface area contributed by atoms with Gasteiger partial charge in [0.25, 0.3) is 5.91 Å². The van der Waals surface area contributed by atoms with Crippen molar-refractivity contribution in [2.75, 3.05) is 19.6 Å². The Morgan fingerprint density at radius 1 is 1.20 bits per heavy atom. The standard InChI is InChI=1S/C19H28N4O2/c1-14-16(12-21(2)20-14)17(24)22-11-9-19(13-22)8-5-10-23(18(19)25)15-6-3-4-7-15/h12,15H,3-11,13H2,1-2H3/t19-/m1/s1. The molecule has 6 heteroatoms. The van der Waals surface area contributed by atoms with Crippen LogP contribution in [0.4, 0.5) is 0 Å². The molecule has 1 aliphatic carbocycles. The van der Waals surface area contributed by atoms with E-state index < -0.39 is 0 Å². The molecule has 3 aliphatic rings. The lowest BCUT2D eigenvalue weighted by Crippen LogP contribution is -2.53. The fourth-order valence-electron chi connectivity index (χ4n) is 5.07. The highest BCUT2D eigenvalue weighted by molar-refractivity contribution is 5.96. The van der Waals surface area contributed by atoms with Crippen molar-refractivity contribution < 1.29 is 9.59 Å². The van der Waals surface area contributed by atoms with Crippen molar-refractivity contribution in [2.45, 2.75) is 57.9 Å². The maximum atomic E-state index is 13.3. The molecule has 2 amide bonds. The number of hydrogen-bond donors (Lipinski definition) is 0.